The quantitative estimate of drug-likeness (QED) is 0.784. The predicted molar refractivity (Wildman–Crippen MR) is 88.3 cm³/mol. The summed E-state index contributed by atoms with van der Waals surface area (Å²) in [7, 11) is 1.75. The molecule has 3 N–H and O–H groups in total. The number of benzene rings is 1. The number of piperidine rings is 1. The highest BCUT2D eigenvalue weighted by atomic mass is 32.1. The minimum absolute atomic E-state index is 0.384. The molecule has 1 fully saturated rings. The third kappa shape index (κ3) is 4.74. The van der Waals surface area contributed by atoms with Crippen LogP contribution in [0.4, 0.5) is 0 Å². The second-order valence-corrected chi connectivity index (χ2v) is 6.17. The number of hydrogen-bond acceptors (Lipinski definition) is 4. The summed E-state index contributed by atoms with van der Waals surface area (Å²) in [5.41, 5.74) is 7.32. The van der Waals surface area contributed by atoms with Crippen LogP contribution >= 0.6 is 12.2 Å². The molecule has 1 aromatic rings. The third-order valence-corrected chi connectivity index (χ3v) is 4.25. The molecule has 2 atom stereocenters. The number of methoxy groups -OCH3 is 1. The molecule has 1 aliphatic rings. The first-order valence-electron chi connectivity index (χ1n) is 7.39. The molecule has 5 heteroatoms. The van der Waals surface area contributed by atoms with Crippen molar-refractivity contribution in [2.45, 2.75) is 18.9 Å². The molecule has 2 rings (SSSR count). The third-order valence-electron chi connectivity index (χ3n) is 4.02. The van der Waals surface area contributed by atoms with E-state index in [9.17, 15) is 5.11 Å². The molecular formula is C16H24N2O2S. The van der Waals surface area contributed by atoms with Crippen molar-refractivity contribution in [2.24, 2.45) is 11.7 Å². The number of aliphatic hydroxyl groups is 1. The first-order chi connectivity index (χ1) is 10.1. The SMILES string of the molecule is COCC1CCCN(CC(O)c2ccc(C(N)=S)cc2)C1. The number of hydrogen-bond donors (Lipinski definition) is 2. The average molecular weight is 308 g/mol. The van der Waals surface area contributed by atoms with Gasteiger partial charge in [0.05, 0.1) is 12.7 Å². The van der Waals surface area contributed by atoms with E-state index in [0.717, 1.165) is 30.8 Å². The minimum Gasteiger partial charge on any atom is -0.389 e. The maximum Gasteiger partial charge on any atom is 0.103 e. The van der Waals surface area contributed by atoms with Gasteiger partial charge in [-0.25, -0.2) is 0 Å². The van der Waals surface area contributed by atoms with E-state index < -0.39 is 6.10 Å². The van der Waals surface area contributed by atoms with Crippen LogP contribution < -0.4 is 5.73 Å². The molecule has 21 heavy (non-hydrogen) atoms. The molecule has 116 valence electrons. The molecule has 0 aromatic heterocycles. The standard InChI is InChI=1S/C16H24N2O2S/c1-20-11-12-3-2-8-18(9-12)10-15(19)13-4-6-14(7-5-13)16(17)21/h4-7,12,15,19H,2-3,8-11H2,1H3,(H2,17,21). The molecule has 1 saturated heterocycles. The molecule has 4 nitrogen and oxygen atoms in total. The largest absolute Gasteiger partial charge is 0.389 e. The van der Waals surface area contributed by atoms with E-state index in [-0.39, 0.29) is 0 Å². The second kappa shape index (κ2) is 7.84. The summed E-state index contributed by atoms with van der Waals surface area (Å²) in [5.74, 6) is 0.577. The normalized spacial score (nSPS) is 21.1. The summed E-state index contributed by atoms with van der Waals surface area (Å²) in [4.78, 5) is 2.70. The first-order valence-corrected chi connectivity index (χ1v) is 7.80. The van der Waals surface area contributed by atoms with Crippen LogP contribution in [-0.2, 0) is 4.74 Å². The lowest BCUT2D eigenvalue weighted by atomic mass is 9.98. The summed E-state index contributed by atoms with van der Waals surface area (Å²) in [6.07, 6.45) is 1.90. The fourth-order valence-electron chi connectivity index (χ4n) is 2.91. The van der Waals surface area contributed by atoms with Crippen molar-refractivity contribution in [3.63, 3.8) is 0 Å². The topological polar surface area (TPSA) is 58.7 Å². The van der Waals surface area contributed by atoms with Crippen molar-refractivity contribution in [1.29, 1.82) is 0 Å². The Kier molecular flexibility index (Phi) is 6.11. The van der Waals surface area contributed by atoms with Gasteiger partial charge in [0.2, 0.25) is 0 Å². The zero-order valence-corrected chi connectivity index (χ0v) is 13.3. The lowest BCUT2D eigenvalue weighted by molar-refractivity contribution is 0.0563. The zero-order valence-electron chi connectivity index (χ0n) is 12.5. The van der Waals surface area contributed by atoms with Gasteiger partial charge in [-0.05, 0) is 30.9 Å². The fraction of sp³-hybridized carbons (Fsp3) is 0.562. The monoisotopic (exact) mass is 308 g/mol. The summed E-state index contributed by atoms with van der Waals surface area (Å²) in [6, 6.07) is 7.53. The van der Waals surface area contributed by atoms with Gasteiger partial charge in [-0.15, -0.1) is 0 Å². The number of nitrogens with zero attached hydrogens (tertiary/aromatic N) is 1. The molecular weight excluding hydrogens is 284 g/mol. The molecule has 0 spiro atoms. The molecule has 0 amide bonds. The number of β-amino-alcohol motifs (C(OH)–C–C–N with tert-alkyl or cyclic N) is 1. The Hall–Kier alpha value is -1.01. The van der Waals surface area contributed by atoms with E-state index in [1.165, 1.54) is 12.8 Å². The highest BCUT2D eigenvalue weighted by molar-refractivity contribution is 7.80. The smallest absolute Gasteiger partial charge is 0.103 e. The first kappa shape index (κ1) is 16.4. The van der Waals surface area contributed by atoms with E-state index >= 15 is 0 Å². The van der Waals surface area contributed by atoms with Crippen LogP contribution in [0.1, 0.15) is 30.1 Å². The molecule has 1 heterocycles. The van der Waals surface area contributed by atoms with Crippen molar-refractivity contribution >= 4 is 17.2 Å². The highest BCUT2D eigenvalue weighted by Gasteiger charge is 2.22. The van der Waals surface area contributed by atoms with Gasteiger partial charge in [-0.2, -0.15) is 0 Å². The van der Waals surface area contributed by atoms with E-state index in [1.807, 2.05) is 24.3 Å². The van der Waals surface area contributed by atoms with Gasteiger partial charge in [0.25, 0.3) is 0 Å². The Morgan fingerprint density at radius 3 is 2.81 bits per heavy atom. The Morgan fingerprint density at radius 1 is 1.48 bits per heavy atom. The van der Waals surface area contributed by atoms with Crippen LogP contribution in [0, 0.1) is 5.92 Å². The number of rotatable bonds is 6. The summed E-state index contributed by atoms with van der Waals surface area (Å²) >= 11 is 4.93. The van der Waals surface area contributed by atoms with E-state index in [1.54, 1.807) is 7.11 Å². The number of aliphatic hydroxyl groups excluding tert-OH is 1. The van der Waals surface area contributed by atoms with Crippen LogP contribution in [-0.4, -0.2) is 48.3 Å². The lowest BCUT2D eigenvalue weighted by Crippen LogP contribution is -2.39. The second-order valence-electron chi connectivity index (χ2n) is 5.73. The van der Waals surface area contributed by atoms with Crippen molar-refractivity contribution in [3.05, 3.63) is 35.4 Å². The highest BCUT2D eigenvalue weighted by Crippen LogP contribution is 2.21. The number of likely N-dealkylation sites (tertiary alicyclic amines) is 1. The van der Waals surface area contributed by atoms with E-state index in [0.29, 0.717) is 17.5 Å². The van der Waals surface area contributed by atoms with Gasteiger partial charge in [0.15, 0.2) is 0 Å². The Morgan fingerprint density at radius 2 is 2.19 bits per heavy atom. The molecule has 2 unspecified atom stereocenters. The van der Waals surface area contributed by atoms with Crippen LogP contribution in [0.15, 0.2) is 24.3 Å². The maximum atomic E-state index is 10.4. The molecule has 0 aliphatic carbocycles. The summed E-state index contributed by atoms with van der Waals surface area (Å²) < 4.78 is 5.24. The minimum atomic E-state index is -0.480. The molecule has 0 bridgehead atoms. The van der Waals surface area contributed by atoms with Gasteiger partial charge in [0.1, 0.15) is 4.99 Å². The van der Waals surface area contributed by atoms with Crippen molar-refractivity contribution in [1.82, 2.24) is 4.90 Å². The van der Waals surface area contributed by atoms with Crippen LogP contribution in [0.5, 0.6) is 0 Å². The Labute approximate surface area is 131 Å². The molecule has 0 radical (unpaired) electrons. The van der Waals surface area contributed by atoms with Crippen LogP contribution in [0.3, 0.4) is 0 Å². The van der Waals surface area contributed by atoms with E-state index in [2.05, 4.69) is 4.90 Å². The number of thiocarbonyl (C=S) groups is 1. The molecule has 0 saturated carbocycles. The molecule has 1 aromatic carbocycles. The summed E-state index contributed by atoms with van der Waals surface area (Å²) in [5, 5.41) is 10.4. The van der Waals surface area contributed by atoms with Crippen molar-refractivity contribution < 1.29 is 9.84 Å². The van der Waals surface area contributed by atoms with Gasteiger partial charge in [-0.1, -0.05) is 36.5 Å². The Bertz CT molecular complexity index is 462. The van der Waals surface area contributed by atoms with Gasteiger partial charge >= 0.3 is 0 Å². The maximum absolute atomic E-state index is 10.4. The number of nitrogens with two attached hydrogens (primary N) is 1. The lowest BCUT2D eigenvalue weighted by Gasteiger charge is -2.33. The summed E-state index contributed by atoms with van der Waals surface area (Å²) in [6.45, 7) is 3.50. The molecule has 1 aliphatic heterocycles. The van der Waals surface area contributed by atoms with Gasteiger partial charge in [0, 0.05) is 25.8 Å². The Balaban J connectivity index is 1.91. The van der Waals surface area contributed by atoms with Crippen molar-refractivity contribution in [2.75, 3.05) is 33.4 Å². The predicted octanol–water partition coefficient (Wildman–Crippen LogP) is 1.71. The van der Waals surface area contributed by atoms with Crippen LogP contribution in [0.2, 0.25) is 0 Å². The van der Waals surface area contributed by atoms with Crippen LogP contribution in [0.25, 0.3) is 0 Å². The average Bonchev–Trinajstić information content (AvgIpc) is 2.48. The van der Waals surface area contributed by atoms with Gasteiger partial charge in [-0.3, -0.25) is 0 Å². The van der Waals surface area contributed by atoms with E-state index in [4.69, 9.17) is 22.7 Å². The van der Waals surface area contributed by atoms with Gasteiger partial charge < -0.3 is 20.5 Å². The zero-order chi connectivity index (χ0) is 15.2. The van der Waals surface area contributed by atoms with Crippen molar-refractivity contribution in [3.8, 4) is 0 Å². The fourth-order valence-corrected chi connectivity index (χ4v) is 3.04. The number of ether oxygens (including phenoxy) is 1.